The maximum absolute atomic E-state index is 10.4. The minimum atomic E-state index is -2.37. The van der Waals surface area contributed by atoms with Gasteiger partial charge in [-0.3, -0.25) is 5.50 Å². The number of rotatable bonds is 7. The van der Waals surface area contributed by atoms with Crippen molar-refractivity contribution in [2.75, 3.05) is 6.61 Å². The van der Waals surface area contributed by atoms with Gasteiger partial charge in [-0.25, -0.2) is 0 Å². The largest absolute Gasteiger partial charge is 0.394 e. The van der Waals surface area contributed by atoms with Crippen LogP contribution in [-0.2, 0) is 9.32 Å². The zero-order valence-corrected chi connectivity index (χ0v) is 8.57. The van der Waals surface area contributed by atoms with Crippen LogP contribution in [0.2, 0.25) is 0 Å². The third-order valence-corrected chi connectivity index (χ3v) is 2.09. The molecule has 1 unspecified atom stereocenters. The number of carbonyl (C=O) groups is 1. The maximum atomic E-state index is 10.4. The van der Waals surface area contributed by atoms with Gasteiger partial charge in [-0.2, -0.15) is 0 Å². The standard InChI is InChI=1S/C6H14NO7P/c7-15(13)14-4(2-9)6(12)5(11)3(10)1-8/h2-6,8,10-13H,1,7H2/t3-,4+,5+,6-,15?/m1/s1. The third kappa shape index (κ3) is 4.92. The first-order valence-electron chi connectivity index (χ1n) is 3.94. The summed E-state index contributed by atoms with van der Waals surface area (Å²) in [6, 6.07) is 0. The summed E-state index contributed by atoms with van der Waals surface area (Å²) in [5.74, 6) is 0. The van der Waals surface area contributed by atoms with E-state index in [1.54, 1.807) is 0 Å². The molecule has 0 spiro atoms. The van der Waals surface area contributed by atoms with Crippen LogP contribution in [0.1, 0.15) is 0 Å². The van der Waals surface area contributed by atoms with Crippen LogP contribution in [0.5, 0.6) is 0 Å². The van der Waals surface area contributed by atoms with E-state index in [0.717, 1.165) is 0 Å². The van der Waals surface area contributed by atoms with Gasteiger partial charge >= 0.3 is 0 Å². The molecule has 90 valence electrons. The van der Waals surface area contributed by atoms with Crippen molar-refractivity contribution >= 4 is 14.8 Å². The molecular weight excluding hydrogens is 229 g/mol. The molecule has 0 aromatic carbocycles. The molecule has 0 saturated carbocycles. The number of hydrogen-bond acceptors (Lipinski definition) is 8. The predicted octanol–water partition coefficient (Wildman–Crippen LogP) is -3.18. The van der Waals surface area contributed by atoms with Gasteiger partial charge in [0, 0.05) is 0 Å². The quantitative estimate of drug-likeness (QED) is 0.202. The smallest absolute Gasteiger partial charge is 0.250 e. The van der Waals surface area contributed by atoms with Crippen LogP contribution in [0.15, 0.2) is 0 Å². The number of aliphatic hydroxyl groups is 4. The van der Waals surface area contributed by atoms with E-state index >= 15 is 0 Å². The van der Waals surface area contributed by atoms with E-state index in [1.807, 2.05) is 0 Å². The molecule has 7 N–H and O–H groups in total. The summed E-state index contributed by atoms with van der Waals surface area (Å²) in [6.07, 6.45) is -6.63. The van der Waals surface area contributed by atoms with Crippen molar-refractivity contribution in [1.29, 1.82) is 0 Å². The SMILES string of the molecule is NP(O)O[C@@H](C=O)[C@@H](O)[C@@H](O)[C@H](O)CO. The number of carbonyl (C=O) groups excluding carboxylic acids is 1. The molecule has 8 nitrogen and oxygen atoms in total. The fourth-order valence-electron chi connectivity index (χ4n) is 0.822. The second-order valence-corrected chi connectivity index (χ2v) is 3.56. The molecule has 0 radical (unpaired) electrons. The topological polar surface area (TPSA) is 153 Å². The fraction of sp³-hybridized carbons (Fsp3) is 0.833. The number of nitrogens with two attached hydrogens (primary N) is 1. The summed E-state index contributed by atoms with van der Waals surface area (Å²) < 4.78 is 4.40. The summed E-state index contributed by atoms with van der Waals surface area (Å²) in [4.78, 5) is 19.0. The lowest BCUT2D eigenvalue weighted by atomic mass is 10.0. The Kier molecular flexibility index (Phi) is 7.07. The minimum absolute atomic E-state index is 0.121. The van der Waals surface area contributed by atoms with E-state index in [2.05, 4.69) is 4.52 Å². The van der Waals surface area contributed by atoms with Gasteiger partial charge in [0.2, 0.25) is 0 Å². The molecule has 0 aromatic heterocycles. The van der Waals surface area contributed by atoms with E-state index in [-0.39, 0.29) is 6.29 Å². The van der Waals surface area contributed by atoms with Crippen LogP contribution in [0.25, 0.3) is 0 Å². The highest BCUT2D eigenvalue weighted by atomic mass is 31.2. The minimum Gasteiger partial charge on any atom is -0.394 e. The number of hydrogen-bond donors (Lipinski definition) is 6. The second-order valence-electron chi connectivity index (χ2n) is 2.74. The molecule has 0 saturated heterocycles. The Morgan fingerprint density at radius 3 is 2.20 bits per heavy atom. The first-order chi connectivity index (χ1) is 6.93. The highest BCUT2D eigenvalue weighted by Gasteiger charge is 2.32. The third-order valence-electron chi connectivity index (χ3n) is 1.63. The molecule has 0 aliphatic carbocycles. The van der Waals surface area contributed by atoms with Crippen molar-refractivity contribution in [2.45, 2.75) is 24.4 Å². The van der Waals surface area contributed by atoms with Crippen LogP contribution in [-0.4, -0.2) is 62.6 Å². The van der Waals surface area contributed by atoms with E-state index in [4.69, 9.17) is 20.6 Å². The normalized spacial score (nSPS) is 21.5. The highest BCUT2D eigenvalue weighted by Crippen LogP contribution is 2.24. The fourth-order valence-corrected chi connectivity index (χ4v) is 1.25. The Balaban J connectivity index is 4.36. The predicted molar refractivity (Wildman–Crippen MR) is 49.4 cm³/mol. The van der Waals surface area contributed by atoms with Crippen molar-refractivity contribution < 1.29 is 34.6 Å². The summed E-state index contributed by atoms with van der Waals surface area (Å²) in [6.45, 7) is -0.791. The van der Waals surface area contributed by atoms with Gasteiger partial charge in [-0.05, 0) is 0 Å². The summed E-state index contributed by atoms with van der Waals surface area (Å²) >= 11 is 0. The van der Waals surface area contributed by atoms with Crippen LogP contribution in [0.4, 0.5) is 0 Å². The van der Waals surface area contributed by atoms with Gasteiger partial charge in [0.05, 0.1) is 6.61 Å². The summed E-state index contributed by atoms with van der Waals surface area (Å²) in [5, 5.41) is 35.9. The Morgan fingerprint density at radius 1 is 1.33 bits per heavy atom. The van der Waals surface area contributed by atoms with Crippen molar-refractivity contribution in [3.8, 4) is 0 Å². The molecule has 0 aliphatic heterocycles. The van der Waals surface area contributed by atoms with Crippen molar-refractivity contribution in [3.63, 3.8) is 0 Å². The monoisotopic (exact) mass is 243 g/mol. The van der Waals surface area contributed by atoms with Gasteiger partial charge in [-0.1, -0.05) is 0 Å². The maximum Gasteiger partial charge on any atom is 0.250 e. The van der Waals surface area contributed by atoms with Crippen molar-refractivity contribution in [2.24, 2.45) is 5.50 Å². The Hall–Kier alpha value is -0.180. The Labute approximate surface area is 86.9 Å². The average molecular weight is 243 g/mol. The van der Waals surface area contributed by atoms with Crippen molar-refractivity contribution in [3.05, 3.63) is 0 Å². The molecular formula is C6H14NO7P. The first-order valence-corrected chi connectivity index (χ1v) is 5.23. The summed E-state index contributed by atoms with van der Waals surface area (Å²) in [7, 11) is -2.37. The molecule has 0 aliphatic rings. The Bertz CT molecular complexity index is 192. The number of aliphatic hydroxyl groups excluding tert-OH is 4. The highest BCUT2D eigenvalue weighted by molar-refractivity contribution is 7.43. The van der Waals surface area contributed by atoms with Gasteiger partial charge in [0.15, 0.2) is 6.29 Å². The number of aldehydes is 1. The molecule has 5 atom stereocenters. The zero-order chi connectivity index (χ0) is 12.0. The van der Waals surface area contributed by atoms with Gasteiger partial charge in [-0.15, -0.1) is 0 Å². The first kappa shape index (κ1) is 14.8. The van der Waals surface area contributed by atoms with Crippen LogP contribution >= 0.6 is 8.53 Å². The van der Waals surface area contributed by atoms with E-state index in [1.165, 1.54) is 0 Å². The second kappa shape index (κ2) is 7.15. The van der Waals surface area contributed by atoms with Gasteiger partial charge < -0.3 is 34.6 Å². The molecule has 0 amide bonds. The van der Waals surface area contributed by atoms with Crippen LogP contribution in [0, 0.1) is 0 Å². The van der Waals surface area contributed by atoms with E-state index < -0.39 is 39.5 Å². The van der Waals surface area contributed by atoms with Gasteiger partial charge in [0.25, 0.3) is 8.53 Å². The summed E-state index contributed by atoms with van der Waals surface area (Å²) in [5.41, 5.74) is 4.85. The van der Waals surface area contributed by atoms with Crippen LogP contribution < -0.4 is 5.50 Å². The lowest BCUT2D eigenvalue weighted by Gasteiger charge is -2.25. The van der Waals surface area contributed by atoms with Crippen LogP contribution in [0.3, 0.4) is 0 Å². The molecule has 0 heterocycles. The van der Waals surface area contributed by atoms with Gasteiger partial charge in [0.1, 0.15) is 24.4 Å². The lowest BCUT2D eigenvalue weighted by molar-refractivity contribution is -0.132. The van der Waals surface area contributed by atoms with Crippen molar-refractivity contribution in [1.82, 2.24) is 0 Å². The molecule has 0 fully saturated rings. The Morgan fingerprint density at radius 2 is 1.87 bits per heavy atom. The van der Waals surface area contributed by atoms with E-state index in [9.17, 15) is 15.0 Å². The molecule has 0 bridgehead atoms. The molecule has 9 heteroatoms. The lowest BCUT2D eigenvalue weighted by Crippen LogP contribution is -2.47. The molecule has 15 heavy (non-hydrogen) atoms. The molecule has 0 aromatic rings. The molecule has 0 rings (SSSR count). The zero-order valence-electron chi connectivity index (χ0n) is 7.67. The van der Waals surface area contributed by atoms with E-state index in [0.29, 0.717) is 0 Å². The average Bonchev–Trinajstić information content (AvgIpc) is 2.22.